The molecule has 2 unspecified atom stereocenters. The molecular weight excluding hydrogens is 407 g/mol. The Hall–Kier alpha value is -2.78. The molecule has 30 heavy (non-hydrogen) atoms. The van der Waals surface area contributed by atoms with Crippen molar-refractivity contribution in [3.8, 4) is 0 Å². The van der Waals surface area contributed by atoms with E-state index < -0.39 is 11.7 Å². The van der Waals surface area contributed by atoms with Gasteiger partial charge in [0, 0.05) is 27.6 Å². The molecule has 0 aromatic carbocycles. The lowest BCUT2D eigenvalue weighted by Crippen LogP contribution is -2.41. The molecule has 0 aliphatic rings. The maximum absolute atomic E-state index is 12.0. The van der Waals surface area contributed by atoms with Gasteiger partial charge in [0.15, 0.2) is 5.65 Å². The highest BCUT2D eigenvalue weighted by Gasteiger charge is 2.21. The van der Waals surface area contributed by atoms with E-state index >= 15 is 0 Å². The number of hydrogen-bond donors (Lipinski definition) is 3. The largest absolute Gasteiger partial charge is 0.444 e. The van der Waals surface area contributed by atoms with E-state index in [2.05, 4.69) is 40.6 Å². The standard InChI is InChI=1S/C16H23N8O3P.C2H6/c1-16(2,3)27-15(25)19-7-9(8-26-28)20-12-10-5-4-6-18-13(10)24-14(11(12)17)21-22-23-24;1-2/h4-6,9,20H,7-8,17,28H2,1-3H3,(H,19,25);1-2H3. The normalized spacial score (nSPS) is 12.2. The number of nitrogens with zero attached hydrogens (tertiary/aromatic N) is 5. The van der Waals surface area contributed by atoms with Gasteiger partial charge in [-0.05, 0) is 43.3 Å². The number of carbonyl (C=O) groups excluding carboxylic acids is 1. The fourth-order valence-electron chi connectivity index (χ4n) is 2.66. The number of anilines is 2. The highest BCUT2D eigenvalue weighted by molar-refractivity contribution is 7.09. The van der Waals surface area contributed by atoms with E-state index in [4.69, 9.17) is 15.0 Å². The van der Waals surface area contributed by atoms with Crippen LogP contribution in [0.25, 0.3) is 16.7 Å². The van der Waals surface area contributed by atoms with E-state index in [0.29, 0.717) is 22.7 Å². The quantitative estimate of drug-likeness (QED) is 0.497. The third-order valence-corrected chi connectivity index (χ3v) is 3.97. The minimum Gasteiger partial charge on any atom is -0.444 e. The molecule has 3 rings (SSSR count). The summed E-state index contributed by atoms with van der Waals surface area (Å²) in [5.41, 5.74) is 7.65. The van der Waals surface area contributed by atoms with Crippen molar-refractivity contribution in [2.24, 2.45) is 0 Å². The van der Waals surface area contributed by atoms with Crippen LogP contribution in [0.2, 0.25) is 0 Å². The van der Waals surface area contributed by atoms with Crippen LogP contribution in [0, 0.1) is 0 Å². The summed E-state index contributed by atoms with van der Waals surface area (Å²) in [6.07, 6.45) is 1.14. The van der Waals surface area contributed by atoms with Crippen molar-refractivity contribution in [3.05, 3.63) is 18.3 Å². The molecule has 0 bridgehead atoms. The van der Waals surface area contributed by atoms with Crippen molar-refractivity contribution < 1.29 is 14.1 Å². The van der Waals surface area contributed by atoms with Gasteiger partial charge >= 0.3 is 6.09 Å². The van der Waals surface area contributed by atoms with Gasteiger partial charge in [-0.1, -0.05) is 13.8 Å². The lowest BCUT2D eigenvalue weighted by Gasteiger charge is -2.24. The number of nitrogens with two attached hydrogens (primary N) is 1. The fourth-order valence-corrected chi connectivity index (χ4v) is 2.90. The number of aromatic nitrogens is 5. The molecule has 2 atom stereocenters. The molecule has 0 saturated heterocycles. The second kappa shape index (κ2) is 10.3. The SMILES string of the molecule is CC.CC(C)(C)OC(=O)NCC(COP)Nc1c(N)c2nnnn2c2ncccc12. The van der Waals surface area contributed by atoms with Gasteiger partial charge in [0.1, 0.15) is 11.3 Å². The number of amides is 1. The van der Waals surface area contributed by atoms with Crippen LogP contribution in [0.5, 0.6) is 0 Å². The Bertz CT molecular complexity index is 989. The molecule has 0 saturated carbocycles. The number of carbonyl (C=O) groups is 1. The number of rotatable bonds is 6. The van der Waals surface area contributed by atoms with Gasteiger partial charge < -0.3 is 25.6 Å². The Morgan fingerprint density at radius 3 is 2.73 bits per heavy atom. The molecule has 3 aromatic rings. The van der Waals surface area contributed by atoms with Crippen molar-refractivity contribution in [1.29, 1.82) is 0 Å². The molecule has 0 aliphatic carbocycles. The predicted octanol–water partition coefficient (Wildman–Crippen LogP) is 2.39. The van der Waals surface area contributed by atoms with Crippen LogP contribution in [-0.2, 0) is 9.26 Å². The van der Waals surface area contributed by atoms with Gasteiger partial charge in [0.05, 0.1) is 18.3 Å². The summed E-state index contributed by atoms with van der Waals surface area (Å²) in [5.74, 6) is 0. The van der Waals surface area contributed by atoms with Gasteiger partial charge in [-0.25, -0.2) is 9.78 Å². The summed E-state index contributed by atoms with van der Waals surface area (Å²) in [7, 11) is 2.19. The van der Waals surface area contributed by atoms with E-state index in [1.807, 2.05) is 19.9 Å². The molecule has 1 amide bonds. The van der Waals surface area contributed by atoms with Crippen LogP contribution in [0.1, 0.15) is 34.6 Å². The average molecular weight is 436 g/mol. The Balaban J connectivity index is 0.00000155. The molecule has 11 nitrogen and oxygen atoms in total. The predicted molar refractivity (Wildman–Crippen MR) is 119 cm³/mol. The number of ether oxygens (including phenoxy) is 1. The number of tetrazole rings is 1. The molecule has 4 N–H and O–H groups in total. The van der Waals surface area contributed by atoms with E-state index in [1.165, 1.54) is 4.52 Å². The summed E-state index contributed by atoms with van der Waals surface area (Å²) in [6, 6.07) is 3.36. The van der Waals surface area contributed by atoms with Crippen LogP contribution in [0.3, 0.4) is 0 Å². The van der Waals surface area contributed by atoms with Gasteiger partial charge in [0.25, 0.3) is 0 Å². The number of nitrogen functional groups attached to an aromatic ring is 1. The minimum absolute atomic E-state index is 0.251. The summed E-state index contributed by atoms with van der Waals surface area (Å²) in [4.78, 5) is 16.3. The Morgan fingerprint density at radius 1 is 1.33 bits per heavy atom. The molecular formula is C18H29N8O3P. The summed E-state index contributed by atoms with van der Waals surface area (Å²) >= 11 is 0. The van der Waals surface area contributed by atoms with E-state index in [0.717, 1.165) is 5.39 Å². The monoisotopic (exact) mass is 436 g/mol. The van der Waals surface area contributed by atoms with Crippen molar-refractivity contribution in [3.63, 3.8) is 0 Å². The number of alkyl carbamates (subject to hydrolysis) is 1. The number of pyridine rings is 2. The maximum atomic E-state index is 12.0. The second-order valence-corrected chi connectivity index (χ2v) is 7.47. The summed E-state index contributed by atoms with van der Waals surface area (Å²) < 4.78 is 11.9. The Labute approximate surface area is 177 Å². The highest BCUT2D eigenvalue weighted by atomic mass is 31.0. The van der Waals surface area contributed by atoms with E-state index in [-0.39, 0.29) is 19.2 Å². The fraction of sp³-hybridized carbons (Fsp3) is 0.500. The van der Waals surface area contributed by atoms with E-state index in [9.17, 15) is 4.79 Å². The lowest BCUT2D eigenvalue weighted by molar-refractivity contribution is 0.0524. The van der Waals surface area contributed by atoms with Crippen LogP contribution in [0.4, 0.5) is 16.2 Å². The van der Waals surface area contributed by atoms with E-state index in [1.54, 1.807) is 33.0 Å². The van der Waals surface area contributed by atoms with Crippen molar-refractivity contribution in [1.82, 2.24) is 30.3 Å². The van der Waals surface area contributed by atoms with Crippen LogP contribution in [-0.4, -0.2) is 55.9 Å². The Morgan fingerprint density at radius 2 is 2.07 bits per heavy atom. The number of hydrogen-bond acceptors (Lipinski definition) is 9. The lowest BCUT2D eigenvalue weighted by atomic mass is 10.2. The third kappa shape index (κ3) is 5.64. The number of fused-ring (bicyclic) bond motifs is 3. The van der Waals surface area contributed by atoms with Gasteiger partial charge in [-0.15, -0.1) is 5.10 Å². The first-order valence-corrected chi connectivity index (χ1v) is 10.1. The molecule has 0 spiro atoms. The van der Waals surface area contributed by atoms with Crippen molar-refractivity contribution >= 4 is 43.6 Å². The number of nitrogens with one attached hydrogen (secondary N) is 2. The molecule has 0 radical (unpaired) electrons. The molecule has 0 fully saturated rings. The first kappa shape index (κ1) is 23.5. The average Bonchev–Trinajstić information content (AvgIpc) is 3.20. The van der Waals surface area contributed by atoms with Crippen molar-refractivity contribution in [2.45, 2.75) is 46.3 Å². The first-order valence-electron chi connectivity index (χ1n) is 9.59. The second-order valence-electron chi connectivity index (χ2n) is 7.13. The minimum atomic E-state index is -0.581. The zero-order chi connectivity index (χ0) is 22.3. The molecule has 3 heterocycles. The molecule has 12 heteroatoms. The zero-order valence-electron chi connectivity index (χ0n) is 17.8. The highest BCUT2D eigenvalue weighted by Crippen LogP contribution is 2.31. The smallest absolute Gasteiger partial charge is 0.407 e. The van der Waals surface area contributed by atoms with Gasteiger partial charge in [-0.3, -0.25) is 0 Å². The topological polar surface area (TPSA) is 142 Å². The first-order chi connectivity index (χ1) is 14.3. The van der Waals surface area contributed by atoms with Crippen LogP contribution >= 0.6 is 9.47 Å². The summed E-state index contributed by atoms with van der Waals surface area (Å²) in [5, 5.41) is 18.4. The molecule has 164 valence electrons. The maximum Gasteiger partial charge on any atom is 0.407 e. The molecule has 3 aromatic heterocycles. The Kier molecular flexibility index (Phi) is 8.08. The van der Waals surface area contributed by atoms with Crippen LogP contribution < -0.4 is 16.4 Å². The zero-order valence-corrected chi connectivity index (χ0v) is 19.0. The third-order valence-electron chi connectivity index (χ3n) is 3.77. The van der Waals surface area contributed by atoms with Crippen LogP contribution in [0.15, 0.2) is 18.3 Å². The summed E-state index contributed by atoms with van der Waals surface area (Å²) in [6.45, 7) is 9.94. The van der Waals surface area contributed by atoms with Crippen molar-refractivity contribution in [2.75, 3.05) is 24.2 Å². The molecule has 0 aliphatic heterocycles. The van der Waals surface area contributed by atoms with Gasteiger partial charge in [-0.2, -0.15) is 4.52 Å². The van der Waals surface area contributed by atoms with Gasteiger partial charge in [0.2, 0.25) is 5.65 Å².